The number of H-pyrrole nitrogens is 2. The van der Waals surface area contributed by atoms with Gasteiger partial charge < -0.3 is 10.3 Å². The predicted molar refractivity (Wildman–Crippen MR) is 54.0 cm³/mol. The molecular formula is C8H7N5O3. The largest absolute Gasteiger partial charge is 0.351 e. The number of nitrogens with zero attached hydrogens (tertiary/aromatic N) is 2. The average Bonchev–Trinajstić information content (AvgIpc) is 2.86. The van der Waals surface area contributed by atoms with Crippen LogP contribution in [0.3, 0.4) is 0 Å². The molecule has 2 aromatic rings. The Balaban J connectivity index is 2.12. The highest BCUT2D eigenvalue weighted by Crippen LogP contribution is 2.13. The van der Waals surface area contributed by atoms with Crippen molar-refractivity contribution in [2.75, 3.05) is 5.32 Å². The van der Waals surface area contributed by atoms with Gasteiger partial charge in [-0.3, -0.25) is 20.0 Å². The Morgan fingerprint density at radius 3 is 2.88 bits per heavy atom. The Bertz CT molecular complexity index is 516. The minimum absolute atomic E-state index is 0.118. The van der Waals surface area contributed by atoms with Gasteiger partial charge in [-0.2, -0.15) is 5.10 Å². The van der Waals surface area contributed by atoms with Crippen LogP contribution in [0.25, 0.3) is 0 Å². The topological polar surface area (TPSA) is 117 Å². The molecule has 2 heterocycles. The molecule has 0 aliphatic rings. The Morgan fingerprint density at radius 2 is 2.31 bits per heavy atom. The normalized spacial score (nSPS) is 10.0. The molecule has 0 saturated carbocycles. The molecule has 0 aliphatic carbocycles. The van der Waals surface area contributed by atoms with Gasteiger partial charge in [0.05, 0.1) is 23.0 Å². The third kappa shape index (κ3) is 1.90. The molecule has 0 spiro atoms. The third-order valence-electron chi connectivity index (χ3n) is 1.88. The van der Waals surface area contributed by atoms with Gasteiger partial charge in [0.15, 0.2) is 0 Å². The monoisotopic (exact) mass is 221 g/mol. The SMILES string of the molecule is O=C(Nc1cn[nH]c1)c1cc([N+](=O)[O-])c[nH]1. The quantitative estimate of drug-likeness (QED) is 0.527. The second-order valence-electron chi connectivity index (χ2n) is 2.97. The number of anilines is 1. The van der Waals surface area contributed by atoms with Crippen molar-refractivity contribution in [3.8, 4) is 0 Å². The van der Waals surface area contributed by atoms with Gasteiger partial charge in [-0.05, 0) is 0 Å². The van der Waals surface area contributed by atoms with E-state index in [9.17, 15) is 14.9 Å². The molecule has 0 radical (unpaired) electrons. The van der Waals surface area contributed by atoms with Gasteiger partial charge in [0.2, 0.25) is 0 Å². The molecule has 0 aromatic carbocycles. The zero-order valence-electron chi connectivity index (χ0n) is 7.93. The number of aromatic nitrogens is 3. The summed E-state index contributed by atoms with van der Waals surface area (Å²) in [6.07, 6.45) is 4.08. The van der Waals surface area contributed by atoms with Gasteiger partial charge in [0.25, 0.3) is 11.6 Å². The van der Waals surface area contributed by atoms with Crippen molar-refractivity contribution < 1.29 is 9.72 Å². The van der Waals surface area contributed by atoms with Crippen molar-refractivity contribution >= 4 is 17.3 Å². The standard InChI is InChI=1S/C8H7N5O3/c14-8(12-5-2-10-11-3-5)7-1-6(4-9-7)13(15)16/h1-4,9H,(H,10,11)(H,12,14). The first kappa shape index (κ1) is 9.90. The van der Waals surface area contributed by atoms with E-state index < -0.39 is 10.8 Å². The molecule has 0 aliphatic heterocycles. The number of nitrogens with one attached hydrogen (secondary N) is 3. The maximum atomic E-state index is 11.5. The molecule has 82 valence electrons. The molecule has 2 rings (SSSR count). The maximum Gasteiger partial charge on any atom is 0.287 e. The van der Waals surface area contributed by atoms with Crippen LogP contribution in [0.15, 0.2) is 24.7 Å². The number of hydrogen-bond acceptors (Lipinski definition) is 4. The Hall–Kier alpha value is -2.64. The summed E-state index contributed by atoms with van der Waals surface area (Å²) in [5.41, 5.74) is 0.451. The molecule has 0 unspecified atom stereocenters. The van der Waals surface area contributed by atoms with Crippen LogP contribution < -0.4 is 5.32 Å². The molecule has 16 heavy (non-hydrogen) atoms. The lowest BCUT2D eigenvalue weighted by molar-refractivity contribution is -0.384. The minimum atomic E-state index is -0.578. The highest BCUT2D eigenvalue weighted by Gasteiger charge is 2.14. The van der Waals surface area contributed by atoms with Crippen LogP contribution in [0.2, 0.25) is 0 Å². The lowest BCUT2D eigenvalue weighted by atomic mass is 10.4. The van der Waals surface area contributed by atoms with E-state index in [1.807, 2.05) is 0 Å². The number of amides is 1. The van der Waals surface area contributed by atoms with Gasteiger partial charge in [-0.25, -0.2) is 0 Å². The molecule has 0 saturated heterocycles. The molecule has 2 aromatic heterocycles. The predicted octanol–water partition coefficient (Wildman–Crippen LogP) is 0.898. The van der Waals surface area contributed by atoms with Crippen LogP contribution in [0.1, 0.15) is 10.5 Å². The van der Waals surface area contributed by atoms with E-state index in [0.29, 0.717) is 5.69 Å². The zero-order valence-corrected chi connectivity index (χ0v) is 7.93. The number of rotatable bonds is 3. The summed E-state index contributed by atoms with van der Waals surface area (Å²) in [4.78, 5) is 23.9. The van der Waals surface area contributed by atoms with Crippen molar-refractivity contribution in [1.29, 1.82) is 0 Å². The first-order chi connectivity index (χ1) is 7.66. The first-order valence-electron chi connectivity index (χ1n) is 4.30. The number of nitro groups is 1. The minimum Gasteiger partial charge on any atom is -0.351 e. The van der Waals surface area contributed by atoms with E-state index >= 15 is 0 Å². The van der Waals surface area contributed by atoms with Crippen LogP contribution in [0.5, 0.6) is 0 Å². The van der Waals surface area contributed by atoms with Gasteiger partial charge in [0.1, 0.15) is 5.69 Å². The average molecular weight is 221 g/mol. The molecule has 0 atom stereocenters. The molecule has 3 N–H and O–H groups in total. The molecule has 1 amide bonds. The first-order valence-corrected chi connectivity index (χ1v) is 4.30. The fraction of sp³-hybridized carbons (Fsp3) is 0. The fourth-order valence-corrected chi connectivity index (χ4v) is 1.14. The van der Waals surface area contributed by atoms with Crippen LogP contribution in [0, 0.1) is 10.1 Å². The summed E-state index contributed by atoms with van der Waals surface area (Å²) in [5.74, 6) is -0.463. The summed E-state index contributed by atoms with van der Waals surface area (Å²) in [6.45, 7) is 0. The van der Waals surface area contributed by atoms with E-state index in [0.717, 1.165) is 12.3 Å². The van der Waals surface area contributed by atoms with E-state index in [1.54, 1.807) is 0 Å². The molecule has 8 nitrogen and oxygen atoms in total. The summed E-state index contributed by atoms with van der Waals surface area (Å²) in [5, 5.41) is 19.1. The Morgan fingerprint density at radius 1 is 1.50 bits per heavy atom. The highest BCUT2D eigenvalue weighted by molar-refractivity contribution is 6.03. The summed E-state index contributed by atoms with van der Waals surface area (Å²) in [6, 6.07) is 1.16. The number of carbonyl (C=O) groups is 1. The van der Waals surface area contributed by atoms with E-state index in [4.69, 9.17) is 0 Å². The number of hydrogen-bond donors (Lipinski definition) is 3. The van der Waals surface area contributed by atoms with Crippen LogP contribution in [-0.4, -0.2) is 26.0 Å². The highest BCUT2D eigenvalue weighted by atomic mass is 16.6. The van der Waals surface area contributed by atoms with Crippen LogP contribution in [-0.2, 0) is 0 Å². The lowest BCUT2D eigenvalue weighted by Crippen LogP contribution is -2.11. The fourth-order valence-electron chi connectivity index (χ4n) is 1.14. The number of aromatic amines is 2. The Labute approximate surface area is 88.8 Å². The van der Waals surface area contributed by atoms with E-state index in [2.05, 4.69) is 20.5 Å². The van der Waals surface area contributed by atoms with Crippen molar-refractivity contribution in [2.24, 2.45) is 0 Å². The summed E-state index contributed by atoms with van der Waals surface area (Å²) < 4.78 is 0. The second kappa shape index (κ2) is 3.85. The zero-order chi connectivity index (χ0) is 11.5. The van der Waals surface area contributed by atoms with E-state index in [-0.39, 0.29) is 11.4 Å². The Kier molecular flexibility index (Phi) is 2.38. The van der Waals surface area contributed by atoms with Crippen LogP contribution in [0.4, 0.5) is 11.4 Å². The van der Waals surface area contributed by atoms with Crippen molar-refractivity contribution in [1.82, 2.24) is 15.2 Å². The van der Waals surface area contributed by atoms with E-state index in [1.165, 1.54) is 12.4 Å². The third-order valence-corrected chi connectivity index (χ3v) is 1.88. The van der Waals surface area contributed by atoms with Crippen molar-refractivity contribution in [2.45, 2.75) is 0 Å². The molecular weight excluding hydrogens is 214 g/mol. The van der Waals surface area contributed by atoms with Gasteiger partial charge in [-0.15, -0.1) is 0 Å². The molecule has 0 bridgehead atoms. The smallest absolute Gasteiger partial charge is 0.287 e. The van der Waals surface area contributed by atoms with Gasteiger partial charge >= 0.3 is 0 Å². The van der Waals surface area contributed by atoms with Gasteiger partial charge in [-0.1, -0.05) is 0 Å². The summed E-state index contributed by atoms with van der Waals surface area (Å²) in [7, 11) is 0. The molecule has 0 fully saturated rings. The number of carbonyl (C=O) groups excluding carboxylic acids is 1. The second-order valence-corrected chi connectivity index (χ2v) is 2.97. The van der Waals surface area contributed by atoms with Crippen molar-refractivity contribution in [3.05, 3.63) is 40.5 Å². The lowest BCUT2D eigenvalue weighted by Gasteiger charge is -1.97. The summed E-state index contributed by atoms with van der Waals surface area (Å²) >= 11 is 0. The van der Waals surface area contributed by atoms with Crippen molar-refractivity contribution in [3.63, 3.8) is 0 Å². The maximum absolute atomic E-state index is 11.5. The van der Waals surface area contributed by atoms with Crippen LogP contribution >= 0.6 is 0 Å². The van der Waals surface area contributed by atoms with Gasteiger partial charge in [0, 0.05) is 12.3 Å². The molecule has 8 heteroatoms.